The lowest BCUT2D eigenvalue weighted by Gasteiger charge is -2.22. The van der Waals surface area contributed by atoms with Crippen LogP contribution in [0.4, 0.5) is 0 Å². The summed E-state index contributed by atoms with van der Waals surface area (Å²) in [6.07, 6.45) is 4.68. The van der Waals surface area contributed by atoms with Crippen LogP contribution in [0.1, 0.15) is 20.3 Å². The third kappa shape index (κ3) is 3.12. The highest BCUT2D eigenvalue weighted by Gasteiger charge is 2.37. The van der Waals surface area contributed by atoms with Gasteiger partial charge in [0.25, 0.3) is 0 Å². The van der Waals surface area contributed by atoms with E-state index in [1.165, 1.54) is 0 Å². The van der Waals surface area contributed by atoms with Gasteiger partial charge in [0.05, 0.1) is 11.5 Å². The van der Waals surface area contributed by atoms with Gasteiger partial charge in [-0.3, -0.25) is 0 Å². The van der Waals surface area contributed by atoms with Gasteiger partial charge in [-0.15, -0.1) is 0 Å². The summed E-state index contributed by atoms with van der Waals surface area (Å²) in [5.41, 5.74) is -0.210. The minimum Gasteiger partial charge on any atom is -0.307 e. The summed E-state index contributed by atoms with van der Waals surface area (Å²) < 4.78 is 22.4. The Kier molecular flexibility index (Phi) is 3.14. The fourth-order valence-electron chi connectivity index (χ4n) is 1.57. The van der Waals surface area contributed by atoms with E-state index in [4.69, 9.17) is 0 Å². The van der Waals surface area contributed by atoms with Crippen LogP contribution in [0.25, 0.3) is 0 Å². The third-order valence-electron chi connectivity index (χ3n) is 2.39. The van der Waals surface area contributed by atoms with Gasteiger partial charge in [-0.1, -0.05) is 12.2 Å². The van der Waals surface area contributed by atoms with Gasteiger partial charge >= 0.3 is 0 Å². The van der Waals surface area contributed by atoms with Gasteiger partial charge in [0.1, 0.15) is 0 Å². The van der Waals surface area contributed by atoms with E-state index in [1.54, 1.807) is 0 Å². The Hall–Kier alpha value is -0.350. The van der Waals surface area contributed by atoms with E-state index in [9.17, 15) is 8.42 Å². The summed E-state index contributed by atoms with van der Waals surface area (Å²) in [6, 6.07) is 0. The zero-order chi connectivity index (χ0) is 9.95. The van der Waals surface area contributed by atoms with Gasteiger partial charge in [-0.25, -0.2) is 8.42 Å². The van der Waals surface area contributed by atoms with Gasteiger partial charge < -0.3 is 5.32 Å². The zero-order valence-corrected chi connectivity index (χ0v) is 9.02. The van der Waals surface area contributed by atoms with E-state index in [2.05, 4.69) is 5.32 Å². The van der Waals surface area contributed by atoms with Crippen molar-refractivity contribution in [1.29, 1.82) is 0 Å². The minimum atomic E-state index is -2.78. The average Bonchev–Trinajstić information content (AvgIpc) is 2.27. The lowest BCUT2D eigenvalue weighted by Crippen LogP contribution is -2.43. The largest absolute Gasteiger partial charge is 0.307 e. The topological polar surface area (TPSA) is 46.2 Å². The minimum absolute atomic E-state index is 0.210. The summed E-state index contributed by atoms with van der Waals surface area (Å²) in [7, 11) is -2.78. The van der Waals surface area contributed by atoms with E-state index in [1.807, 2.05) is 26.0 Å². The predicted octanol–water partition coefficient (Wildman–Crippen LogP) is 0.729. The molecule has 1 heterocycles. The number of allylic oxidation sites excluding steroid dienone is 1. The Balaban J connectivity index is 2.50. The molecule has 1 aliphatic heterocycles. The summed E-state index contributed by atoms with van der Waals surface area (Å²) in [6.45, 7) is 4.68. The zero-order valence-electron chi connectivity index (χ0n) is 8.21. The first-order valence-electron chi connectivity index (χ1n) is 4.54. The fourth-order valence-corrected chi connectivity index (χ4v) is 3.70. The van der Waals surface area contributed by atoms with Crippen LogP contribution in [-0.2, 0) is 9.84 Å². The van der Waals surface area contributed by atoms with Crippen LogP contribution in [0.3, 0.4) is 0 Å². The molecule has 0 saturated carbocycles. The van der Waals surface area contributed by atoms with Crippen molar-refractivity contribution >= 4 is 9.84 Å². The van der Waals surface area contributed by atoms with Crippen LogP contribution in [0.2, 0.25) is 0 Å². The van der Waals surface area contributed by atoms with Crippen molar-refractivity contribution < 1.29 is 8.42 Å². The van der Waals surface area contributed by atoms with E-state index in [-0.39, 0.29) is 11.3 Å². The van der Waals surface area contributed by atoms with Crippen molar-refractivity contribution in [2.75, 3.05) is 18.1 Å². The maximum atomic E-state index is 11.2. The number of hydrogen-bond acceptors (Lipinski definition) is 3. The van der Waals surface area contributed by atoms with E-state index >= 15 is 0 Å². The van der Waals surface area contributed by atoms with Gasteiger partial charge in [-0.05, 0) is 20.3 Å². The molecule has 76 valence electrons. The summed E-state index contributed by atoms with van der Waals surface area (Å²) in [4.78, 5) is 0. The second-order valence-corrected chi connectivity index (χ2v) is 6.04. The monoisotopic (exact) mass is 203 g/mol. The van der Waals surface area contributed by atoms with Gasteiger partial charge in [0.15, 0.2) is 9.84 Å². The quantitative estimate of drug-likeness (QED) is 0.688. The van der Waals surface area contributed by atoms with Crippen molar-refractivity contribution in [2.24, 2.45) is 0 Å². The van der Waals surface area contributed by atoms with Crippen LogP contribution in [0.5, 0.6) is 0 Å². The van der Waals surface area contributed by atoms with E-state index in [0.29, 0.717) is 5.75 Å². The Morgan fingerprint density at radius 2 is 2.23 bits per heavy atom. The van der Waals surface area contributed by atoms with Crippen LogP contribution >= 0.6 is 0 Å². The molecule has 1 atom stereocenters. The van der Waals surface area contributed by atoms with Gasteiger partial charge in [0, 0.05) is 12.1 Å². The predicted molar refractivity (Wildman–Crippen MR) is 54.5 cm³/mol. The Labute approximate surface area is 80.1 Å². The number of rotatable bonds is 3. The molecule has 1 rings (SSSR count). The molecular weight excluding hydrogens is 186 g/mol. The SMILES string of the molecule is C/C=C/CNC1(C)CCS(=O)(=O)C1. The highest BCUT2D eigenvalue weighted by atomic mass is 32.2. The molecule has 1 N–H and O–H groups in total. The number of nitrogens with one attached hydrogen (secondary N) is 1. The Morgan fingerprint density at radius 3 is 2.69 bits per heavy atom. The molecule has 0 spiro atoms. The highest BCUT2D eigenvalue weighted by Crippen LogP contribution is 2.22. The number of hydrogen-bond donors (Lipinski definition) is 1. The molecule has 0 radical (unpaired) electrons. The maximum absolute atomic E-state index is 11.2. The third-order valence-corrected chi connectivity index (χ3v) is 4.29. The molecule has 0 aromatic rings. The Morgan fingerprint density at radius 1 is 1.54 bits per heavy atom. The molecule has 1 unspecified atom stereocenters. The lowest BCUT2D eigenvalue weighted by atomic mass is 10.0. The van der Waals surface area contributed by atoms with Crippen LogP contribution in [0, 0.1) is 0 Å². The first-order chi connectivity index (χ1) is 5.97. The summed E-state index contributed by atoms with van der Waals surface area (Å²) in [5.74, 6) is 0.601. The number of sulfone groups is 1. The van der Waals surface area contributed by atoms with Crippen molar-refractivity contribution in [3.63, 3.8) is 0 Å². The second kappa shape index (κ2) is 3.80. The first kappa shape index (κ1) is 10.7. The summed E-state index contributed by atoms with van der Waals surface area (Å²) >= 11 is 0. The molecule has 1 fully saturated rings. The van der Waals surface area contributed by atoms with E-state index < -0.39 is 9.84 Å². The normalized spacial score (nSPS) is 32.8. The highest BCUT2D eigenvalue weighted by molar-refractivity contribution is 7.91. The van der Waals surface area contributed by atoms with Crippen LogP contribution in [0.15, 0.2) is 12.2 Å². The lowest BCUT2D eigenvalue weighted by molar-refractivity contribution is 0.417. The molecule has 0 aromatic carbocycles. The second-order valence-electron chi connectivity index (χ2n) is 3.85. The van der Waals surface area contributed by atoms with E-state index in [0.717, 1.165) is 13.0 Å². The van der Waals surface area contributed by atoms with Crippen LogP contribution in [-0.4, -0.2) is 32.0 Å². The van der Waals surface area contributed by atoms with Crippen molar-refractivity contribution in [2.45, 2.75) is 25.8 Å². The molecule has 4 heteroatoms. The molecule has 3 nitrogen and oxygen atoms in total. The molecule has 1 aliphatic rings. The molecule has 13 heavy (non-hydrogen) atoms. The van der Waals surface area contributed by atoms with Crippen molar-refractivity contribution in [1.82, 2.24) is 5.32 Å². The smallest absolute Gasteiger partial charge is 0.152 e. The van der Waals surface area contributed by atoms with Gasteiger partial charge in [-0.2, -0.15) is 0 Å². The molecule has 0 bridgehead atoms. The van der Waals surface area contributed by atoms with Gasteiger partial charge in [0.2, 0.25) is 0 Å². The fraction of sp³-hybridized carbons (Fsp3) is 0.778. The molecule has 0 aromatic heterocycles. The standard InChI is InChI=1S/C9H17NO2S/c1-3-4-6-10-9(2)5-7-13(11,12)8-9/h3-4,10H,5-8H2,1-2H3/b4-3+. The first-order valence-corrected chi connectivity index (χ1v) is 6.36. The molecule has 0 aliphatic carbocycles. The average molecular weight is 203 g/mol. The van der Waals surface area contributed by atoms with Crippen molar-refractivity contribution in [3.05, 3.63) is 12.2 Å². The van der Waals surface area contributed by atoms with Crippen LogP contribution < -0.4 is 5.32 Å². The molecule has 0 amide bonds. The maximum Gasteiger partial charge on any atom is 0.152 e. The molecular formula is C9H17NO2S. The Bertz CT molecular complexity index is 295. The molecule has 1 saturated heterocycles. The van der Waals surface area contributed by atoms with Crippen molar-refractivity contribution in [3.8, 4) is 0 Å². The summed E-state index contributed by atoms with van der Waals surface area (Å²) in [5, 5.41) is 3.25.